The van der Waals surface area contributed by atoms with Gasteiger partial charge in [-0.25, -0.2) is 0 Å². The fraction of sp³-hybridized carbons (Fsp3) is 0.727. The van der Waals surface area contributed by atoms with E-state index < -0.39 is 17.3 Å². The molecule has 2 aliphatic rings. The second-order valence-electron chi connectivity index (χ2n) is 4.78. The lowest BCUT2D eigenvalue weighted by Crippen LogP contribution is -2.44. The fourth-order valence-corrected chi connectivity index (χ4v) is 2.11. The van der Waals surface area contributed by atoms with Crippen LogP contribution in [0.15, 0.2) is 0 Å². The van der Waals surface area contributed by atoms with Crippen molar-refractivity contribution in [3.63, 3.8) is 0 Å². The minimum Gasteiger partial charge on any atom is -0.480 e. The first kappa shape index (κ1) is 11.9. The molecule has 0 atom stereocenters. The molecule has 0 aromatic carbocycles. The zero-order valence-corrected chi connectivity index (χ0v) is 9.81. The second kappa shape index (κ2) is 4.01. The number of rotatable bonds is 2. The molecule has 6 heteroatoms. The highest BCUT2D eigenvalue weighted by atomic mass is 16.4. The Bertz CT molecular complexity index is 376. The highest BCUT2D eigenvalue weighted by Gasteiger charge is 2.58. The van der Waals surface area contributed by atoms with Crippen molar-refractivity contribution in [1.29, 1.82) is 0 Å². The molecule has 0 aromatic rings. The third-order valence-corrected chi connectivity index (χ3v) is 3.53. The zero-order valence-electron chi connectivity index (χ0n) is 9.81. The molecule has 1 saturated carbocycles. The highest BCUT2D eigenvalue weighted by Crippen LogP contribution is 2.47. The summed E-state index contributed by atoms with van der Waals surface area (Å²) < 4.78 is 0. The Morgan fingerprint density at radius 3 is 2.47 bits per heavy atom. The SMILES string of the molecule is CN1CCCN(C(=O)C2(C(=O)O)CC2)CC1=O. The van der Waals surface area contributed by atoms with Gasteiger partial charge in [0.25, 0.3) is 0 Å². The van der Waals surface area contributed by atoms with E-state index >= 15 is 0 Å². The van der Waals surface area contributed by atoms with Gasteiger partial charge in [0.05, 0.1) is 6.54 Å². The summed E-state index contributed by atoms with van der Waals surface area (Å²) in [5, 5.41) is 9.05. The molecule has 1 aliphatic heterocycles. The van der Waals surface area contributed by atoms with Gasteiger partial charge in [-0.3, -0.25) is 14.4 Å². The predicted molar refractivity (Wildman–Crippen MR) is 58.1 cm³/mol. The number of hydrogen-bond donors (Lipinski definition) is 1. The molecular weight excluding hydrogens is 224 g/mol. The van der Waals surface area contributed by atoms with Crippen molar-refractivity contribution < 1.29 is 19.5 Å². The Morgan fingerprint density at radius 1 is 1.29 bits per heavy atom. The van der Waals surface area contributed by atoms with E-state index in [1.54, 1.807) is 11.9 Å². The number of carboxylic acids is 1. The van der Waals surface area contributed by atoms with Gasteiger partial charge >= 0.3 is 5.97 Å². The van der Waals surface area contributed by atoms with Crippen LogP contribution in [0.1, 0.15) is 19.3 Å². The van der Waals surface area contributed by atoms with Crippen LogP contribution in [0.4, 0.5) is 0 Å². The molecule has 0 bridgehead atoms. The molecule has 0 unspecified atom stereocenters. The normalized spacial score (nSPS) is 23.2. The lowest BCUT2D eigenvalue weighted by molar-refractivity contribution is -0.154. The van der Waals surface area contributed by atoms with E-state index in [4.69, 9.17) is 5.11 Å². The van der Waals surface area contributed by atoms with Gasteiger partial charge in [-0.05, 0) is 19.3 Å². The number of aliphatic carboxylic acids is 1. The molecule has 0 aromatic heterocycles. The number of nitrogens with zero attached hydrogens (tertiary/aromatic N) is 2. The summed E-state index contributed by atoms with van der Waals surface area (Å²) in [5.74, 6) is -1.58. The molecule has 94 valence electrons. The van der Waals surface area contributed by atoms with Gasteiger partial charge < -0.3 is 14.9 Å². The van der Waals surface area contributed by atoms with Crippen molar-refractivity contribution in [1.82, 2.24) is 9.80 Å². The number of carboxylic acid groups (broad SMARTS) is 1. The van der Waals surface area contributed by atoms with Crippen LogP contribution < -0.4 is 0 Å². The van der Waals surface area contributed by atoms with Gasteiger partial charge in [0.15, 0.2) is 0 Å². The Labute approximate surface area is 99.2 Å². The van der Waals surface area contributed by atoms with Gasteiger partial charge in [-0.15, -0.1) is 0 Å². The molecule has 17 heavy (non-hydrogen) atoms. The Morgan fingerprint density at radius 2 is 1.94 bits per heavy atom. The standard InChI is InChI=1S/C11H16N2O4/c1-12-5-2-6-13(7-8(12)14)9(15)11(3-4-11)10(16)17/h2-7H2,1H3,(H,16,17). The van der Waals surface area contributed by atoms with Crippen molar-refractivity contribution in [3.05, 3.63) is 0 Å². The summed E-state index contributed by atoms with van der Waals surface area (Å²) in [6, 6.07) is 0. The molecule has 1 N–H and O–H groups in total. The van der Waals surface area contributed by atoms with E-state index in [0.29, 0.717) is 32.4 Å². The fourth-order valence-electron chi connectivity index (χ4n) is 2.11. The van der Waals surface area contributed by atoms with Crippen LogP contribution in [-0.4, -0.2) is 59.4 Å². The van der Waals surface area contributed by atoms with Crippen LogP contribution >= 0.6 is 0 Å². The number of amides is 2. The number of likely N-dealkylation sites (N-methyl/N-ethyl adjacent to an activating group) is 1. The smallest absolute Gasteiger partial charge is 0.319 e. The molecule has 1 aliphatic carbocycles. The summed E-state index contributed by atoms with van der Waals surface area (Å²) in [7, 11) is 1.69. The average Bonchev–Trinajstić information content (AvgIpc) is 3.06. The monoisotopic (exact) mass is 240 g/mol. The van der Waals surface area contributed by atoms with Crippen LogP contribution in [0.5, 0.6) is 0 Å². The first-order chi connectivity index (χ1) is 7.97. The molecule has 1 heterocycles. The van der Waals surface area contributed by atoms with Gasteiger partial charge in [-0.2, -0.15) is 0 Å². The molecule has 2 fully saturated rings. The first-order valence-electron chi connectivity index (χ1n) is 5.74. The van der Waals surface area contributed by atoms with Crippen LogP contribution in [0, 0.1) is 5.41 Å². The summed E-state index contributed by atoms with van der Waals surface area (Å²) in [4.78, 5) is 37.8. The summed E-state index contributed by atoms with van der Waals surface area (Å²) in [5.41, 5.74) is -1.23. The number of hydrogen-bond acceptors (Lipinski definition) is 3. The van der Waals surface area contributed by atoms with E-state index in [1.807, 2.05) is 0 Å². The van der Waals surface area contributed by atoms with Crippen LogP contribution in [0.2, 0.25) is 0 Å². The van der Waals surface area contributed by atoms with Crippen LogP contribution in [0.3, 0.4) is 0 Å². The maximum atomic E-state index is 12.1. The highest BCUT2D eigenvalue weighted by molar-refractivity contribution is 6.05. The summed E-state index contributed by atoms with van der Waals surface area (Å²) in [6.07, 6.45) is 1.48. The van der Waals surface area contributed by atoms with Gasteiger partial charge in [0, 0.05) is 20.1 Å². The molecular formula is C11H16N2O4. The second-order valence-corrected chi connectivity index (χ2v) is 4.78. The molecule has 2 rings (SSSR count). The average molecular weight is 240 g/mol. The van der Waals surface area contributed by atoms with Crippen molar-refractivity contribution >= 4 is 17.8 Å². The van der Waals surface area contributed by atoms with Crippen molar-refractivity contribution in [2.24, 2.45) is 5.41 Å². The van der Waals surface area contributed by atoms with Crippen LogP contribution in [0.25, 0.3) is 0 Å². The van der Waals surface area contributed by atoms with E-state index in [0.717, 1.165) is 0 Å². The maximum Gasteiger partial charge on any atom is 0.319 e. The van der Waals surface area contributed by atoms with Gasteiger partial charge in [0.1, 0.15) is 5.41 Å². The van der Waals surface area contributed by atoms with Crippen molar-refractivity contribution in [2.45, 2.75) is 19.3 Å². The van der Waals surface area contributed by atoms with Crippen molar-refractivity contribution in [3.8, 4) is 0 Å². The minimum atomic E-state index is -1.23. The zero-order chi connectivity index (χ0) is 12.6. The van der Waals surface area contributed by atoms with E-state index in [9.17, 15) is 14.4 Å². The summed E-state index contributed by atoms with van der Waals surface area (Å²) in [6.45, 7) is 1.08. The molecule has 6 nitrogen and oxygen atoms in total. The van der Waals surface area contributed by atoms with Crippen molar-refractivity contribution in [2.75, 3.05) is 26.7 Å². The predicted octanol–water partition coefficient (Wildman–Crippen LogP) is -0.458. The van der Waals surface area contributed by atoms with Crippen LogP contribution in [-0.2, 0) is 14.4 Å². The molecule has 2 amide bonds. The number of carbonyl (C=O) groups is 3. The Kier molecular flexibility index (Phi) is 2.81. The molecule has 0 radical (unpaired) electrons. The Hall–Kier alpha value is -1.59. The minimum absolute atomic E-state index is 0.00433. The molecule has 1 saturated heterocycles. The van der Waals surface area contributed by atoms with E-state index in [1.165, 1.54) is 4.90 Å². The lowest BCUT2D eigenvalue weighted by Gasteiger charge is -2.23. The third kappa shape index (κ3) is 1.99. The van der Waals surface area contributed by atoms with Gasteiger partial charge in [-0.1, -0.05) is 0 Å². The topological polar surface area (TPSA) is 77.9 Å². The largest absolute Gasteiger partial charge is 0.480 e. The summed E-state index contributed by atoms with van der Waals surface area (Å²) >= 11 is 0. The lowest BCUT2D eigenvalue weighted by atomic mass is 10.1. The third-order valence-electron chi connectivity index (χ3n) is 3.53. The quantitative estimate of drug-likeness (QED) is 0.663. The Balaban J connectivity index is 2.10. The van der Waals surface area contributed by atoms with E-state index in [-0.39, 0.29) is 12.5 Å². The molecule has 0 spiro atoms. The first-order valence-corrected chi connectivity index (χ1v) is 5.74. The number of carbonyl (C=O) groups excluding carboxylic acids is 2. The van der Waals surface area contributed by atoms with Gasteiger partial charge in [0.2, 0.25) is 11.8 Å². The van der Waals surface area contributed by atoms with E-state index in [2.05, 4.69) is 0 Å². The maximum absolute atomic E-state index is 12.1.